The van der Waals surface area contributed by atoms with E-state index in [0.717, 1.165) is 62.3 Å². The second-order valence-corrected chi connectivity index (χ2v) is 7.25. The summed E-state index contributed by atoms with van der Waals surface area (Å²) in [5, 5.41) is 3.54. The van der Waals surface area contributed by atoms with Gasteiger partial charge in [0.15, 0.2) is 0 Å². The van der Waals surface area contributed by atoms with Crippen LogP contribution in [0.25, 0.3) is 0 Å². The molecule has 1 saturated heterocycles. The van der Waals surface area contributed by atoms with Crippen LogP contribution in [-0.2, 0) is 17.7 Å². The Labute approximate surface area is 144 Å². The number of methoxy groups -OCH3 is 1. The molecule has 4 rings (SSSR count). The number of rotatable bonds is 6. The van der Waals surface area contributed by atoms with Crippen molar-refractivity contribution in [3.05, 3.63) is 23.3 Å². The van der Waals surface area contributed by atoms with Gasteiger partial charge in [0.05, 0.1) is 19.8 Å². The van der Waals surface area contributed by atoms with E-state index in [1.165, 1.54) is 18.4 Å². The second kappa shape index (κ2) is 6.90. The van der Waals surface area contributed by atoms with E-state index in [0.29, 0.717) is 0 Å². The molecule has 1 N–H and O–H groups in total. The summed E-state index contributed by atoms with van der Waals surface area (Å²) in [6.45, 7) is 6.76. The normalized spacial score (nSPS) is 26.9. The van der Waals surface area contributed by atoms with E-state index >= 15 is 0 Å². The van der Waals surface area contributed by atoms with Crippen molar-refractivity contribution in [1.29, 1.82) is 0 Å². The minimum Gasteiger partial charge on any atom is -0.496 e. The molecule has 2 aliphatic heterocycles. The molecular weight excluding hydrogens is 304 g/mol. The van der Waals surface area contributed by atoms with E-state index in [4.69, 9.17) is 14.2 Å². The summed E-state index contributed by atoms with van der Waals surface area (Å²) in [4.78, 5) is 2.58. The SMILES string of the molecule is COc1cc2c(cc1CNC[C@H]1CN(C3CC3)CCO1)O[C@@H](C)C2. The maximum atomic E-state index is 5.91. The van der Waals surface area contributed by atoms with Gasteiger partial charge in [-0.2, -0.15) is 0 Å². The molecular formula is C19H28N2O3. The highest BCUT2D eigenvalue weighted by Gasteiger charge is 2.32. The zero-order chi connectivity index (χ0) is 16.5. The number of nitrogens with zero attached hydrogens (tertiary/aromatic N) is 1. The summed E-state index contributed by atoms with van der Waals surface area (Å²) >= 11 is 0. The van der Waals surface area contributed by atoms with Crippen LogP contribution in [0, 0.1) is 0 Å². The topological polar surface area (TPSA) is 43.0 Å². The van der Waals surface area contributed by atoms with E-state index in [1.807, 2.05) is 0 Å². The zero-order valence-corrected chi connectivity index (χ0v) is 14.7. The fourth-order valence-corrected chi connectivity index (χ4v) is 3.81. The van der Waals surface area contributed by atoms with Gasteiger partial charge in [-0.15, -0.1) is 0 Å². The average molecular weight is 332 g/mol. The summed E-state index contributed by atoms with van der Waals surface area (Å²) in [5.74, 6) is 1.96. The Morgan fingerprint density at radius 2 is 2.21 bits per heavy atom. The van der Waals surface area contributed by atoms with Gasteiger partial charge in [-0.1, -0.05) is 0 Å². The van der Waals surface area contributed by atoms with E-state index in [2.05, 4.69) is 29.3 Å². The van der Waals surface area contributed by atoms with Crippen LogP contribution in [0.1, 0.15) is 30.9 Å². The number of benzene rings is 1. The zero-order valence-electron chi connectivity index (χ0n) is 14.7. The van der Waals surface area contributed by atoms with Crippen LogP contribution in [0.2, 0.25) is 0 Å². The first-order chi connectivity index (χ1) is 11.7. The predicted octanol–water partition coefficient (Wildman–Crippen LogP) is 1.97. The lowest BCUT2D eigenvalue weighted by atomic mass is 10.1. The minimum atomic E-state index is 0.261. The van der Waals surface area contributed by atoms with Crippen molar-refractivity contribution >= 4 is 0 Å². The van der Waals surface area contributed by atoms with Crippen LogP contribution in [0.15, 0.2) is 12.1 Å². The largest absolute Gasteiger partial charge is 0.496 e. The number of morpholine rings is 1. The quantitative estimate of drug-likeness (QED) is 0.863. The Morgan fingerprint density at radius 1 is 1.33 bits per heavy atom. The maximum absolute atomic E-state index is 5.91. The third kappa shape index (κ3) is 3.53. The van der Waals surface area contributed by atoms with E-state index in [1.54, 1.807) is 7.11 Å². The van der Waals surface area contributed by atoms with Crippen molar-refractivity contribution in [2.75, 3.05) is 33.4 Å². The predicted molar refractivity (Wildman–Crippen MR) is 92.8 cm³/mol. The fraction of sp³-hybridized carbons (Fsp3) is 0.684. The Hall–Kier alpha value is -1.30. The monoisotopic (exact) mass is 332 g/mol. The van der Waals surface area contributed by atoms with Crippen LogP contribution in [-0.4, -0.2) is 56.5 Å². The van der Waals surface area contributed by atoms with Gasteiger partial charge in [0.2, 0.25) is 0 Å². The highest BCUT2D eigenvalue weighted by molar-refractivity contribution is 5.48. The average Bonchev–Trinajstić information content (AvgIpc) is 3.36. The van der Waals surface area contributed by atoms with Crippen molar-refractivity contribution in [2.45, 2.75) is 51.0 Å². The molecule has 5 heteroatoms. The molecule has 0 spiro atoms. The summed E-state index contributed by atoms with van der Waals surface area (Å²) in [7, 11) is 1.74. The smallest absolute Gasteiger partial charge is 0.123 e. The van der Waals surface area contributed by atoms with Crippen LogP contribution in [0.3, 0.4) is 0 Å². The Morgan fingerprint density at radius 3 is 3.00 bits per heavy atom. The molecule has 2 heterocycles. The van der Waals surface area contributed by atoms with Crippen LogP contribution >= 0.6 is 0 Å². The third-order valence-corrected chi connectivity index (χ3v) is 5.22. The molecule has 0 aromatic heterocycles. The van der Waals surface area contributed by atoms with Gasteiger partial charge in [0.25, 0.3) is 0 Å². The summed E-state index contributed by atoms with van der Waals surface area (Å²) < 4.78 is 17.4. The first kappa shape index (κ1) is 16.2. The number of fused-ring (bicyclic) bond motifs is 1. The van der Waals surface area contributed by atoms with Crippen LogP contribution in [0.5, 0.6) is 11.5 Å². The van der Waals surface area contributed by atoms with E-state index in [-0.39, 0.29) is 12.2 Å². The highest BCUT2D eigenvalue weighted by Crippen LogP contribution is 2.35. The van der Waals surface area contributed by atoms with Gasteiger partial charge in [0.1, 0.15) is 17.6 Å². The van der Waals surface area contributed by atoms with Crippen molar-refractivity contribution in [3.63, 3.8) is 0 Å². The Kier molecular flexibility index (Phi) is 4.66. The minimum absolute atomic E-state index is 0.261. The van der Waals surface area contributed by atoms with Gasteiger partial charge >= 0.3 is 0 Å². The lowest BCUT2D eigenvalue weighted by Crippen LogP contribution is -2.47. The number of ether oxygens (including phenoxy) is 3. The molecule has 24 heavy (non-hydrogen) atoms. The van der Waals surface area contributed by atoms with Gasteiger partial charge in [-0.25, -0.2) is 0 Å². The number of hydrogen-bond acceptors (Lipinski definition) is 5. The third-order valence-electron chi connectivity index (χ3n) is 5.22. The van der Waals surface area contributed by atoms with Gasteiger partial charge in [0, 0.05) is 49.8 Å². The highest BCUT2D eigenvalue weighted by atomic mass is 16.5. The molecule has 2 fully saturated rings. The van der Waals surface area contributed by atoms with E-state index in [9.17, 15) is 0 Å². The molecule has 1 aromatic carbocycles. The lowest BCUT2D eigenvalue weighted by Gasteiger charge is -2.33. The lowest BCUT2D eigenvalue weighted by molar-refractivity contribution is -0.0301. The molecule has 5 nitrogen and oxygen atoms in total. The first-order valence-corrected chi connectivity index (χ1v) is 9.15. The first-order valence-electron chi connectivity index (χ1n) is 9.15. The van der Waals surface area contributed by atoms with Crippen molar-refractivity contribution in [2.24, 2.45) is 0 Å². The summed E-state index contributed by atoms with van der Waals surface area (Å²) in [5.41, 5.74) is 2.40. The summed E-state index contributed by atoms with van der Waals surface area (Å²) in [6, 6.07) is 5.08. The van der Waals surface area contributed by atoms with Crippen molar-refractivity contribution < 1.29 is 14.2 Å². The molecule has 1 aromatic rings. The van der Waals surface area contributed by atoms with Gasteiger partial charge in [-0.3, -0.25) is 4.90 Å². The summed E-state index contributed by atoms with van der Waals surface area (Å²) in [6.07, 6.45) is 4.25. The molecule has 0 amide bonds. The fourth-order valence-electron chi connectivity index (χ4n) is 3.81. The molecule has 0 unspecified atom stereocenters. The van der Waals surface area contributed by atoms with Crippen molar-refractivity contribution in [3.8, 4) is 11.5 Å². The van der Waals surface area contributed by atoms with Crippen LogP contribution in [0.4, 0.5) is 0 Å². The van der Waals surface area contributed by atoms with Crippen LogP contribution < -0.4 is 14.8 Å². The standard InChI is InChI=1S/C19H28N2O3/c1-13-7-14-8-18(22-2)15(9-19(14)24-13)10-20-11-17-12-21(5-6-23-17)16-3-4-16/h8-9,13,16-17,20H,3-7,10-12H2,1-2H3/t13-,17-/m0/s1. The molecule has 3 aliphatic rings. The Balaban J connectivity index is 1.33. The van der Waals surface area contributed by atoms with Gasteiger partial charge in [-0.05, 0) is 31.9 Å². The number of nitrogens with one attached hydrogen (secondary N) is 1. The molecule has 2 atom stereocenters. The molecule has 1 saturated carbocycles. The molecule has 1 aliphatic carbocycles. The molecule has 132 valence electrons. The maximum Gasteiger partial charge on any atom is 0.123 e. The Bertz CT molecular complexity index is 588. The van der Waals surface area contributed by atoms with E-state index < -0.39 is 0 Å². The molecule has 0 radical (unpaired) electrons. The number of hydrogen-bond donors (Lipinski definition) is 1. The molecule has 0 bridgehead atoms. The second-order valence-electron chi connectivity index (χ2n) is 7.25. The van der Waals surface area contributed by atoms with Crippen molar-refractivity contribution in [1.82, 2.24) is 10.2 Å². The van der Waals surface area contributed by atoms with Gasteiger partial charge < -0.3 is 19.5 Å².